The Labute approximate surface area is 82.9 Å². The summed E-state index contributed by atoms with van der Waals surface area (Å²) in [6.07, 6.45) is 0. The fraction of sp³-hybridized carbons (Fsp3) is 0.300. The molecule has 4 heteroatoms. The van der Waals surface area contributed by atoms with Crippen molar-refractivity contribution >= 4 is 5.90 Å². The molecule has 4 nitrogen and oxygen atoms in total. The Kier molecular flexibility index (Phi) is 3.34. The van der Waals surface area contributed by atoms with Gasteiger partial charge in [-0.1, -0.05) is 0 Å². The van der Waals surface area contributed by atoms with Crippen LogP contribution in [0.25, 0.3) is 0 Å². The van der Waals surface area contributed by atoms with Crippen molar-refractivity contribution in [3.05, 3.63) is 23.8 Å². The van der Waals surface area contributed by atoms with Crippen LogP contribution in [0.15, 0.2) is 18.2 Å². The third kappa shape index (κ3) is 2.16. The van der Waals surface area contributed by atoms with Crippen LogP contribution in [0, 0.1) is 5.41 Å². The van der Waals surface area contributed by atoms with Crippen LogP contribution in [-0.4, -0.2) is 27.2 Å². The van der Waals surface area contributed by atoms with E-state index in [1.54, 1.807) is 32.4 Å². The van der Waals surface area contributed by atoms with E-state index < -0.39 is 0 Å². The van der Waals surface area contributed by atoms with E-state index in [4.69, 9.17) is 19.6 Å². The summed E-state index contributed by atoms with van der Waals surface area (Å²) in [4.78, 5) is 0. The predicted octanol–water partition coefficient (Wildman–Crippen LogP) is 1.68. The molecule has 0 aromatic heterocycles. The van der Waals surface area contributed by atoms with Gasteiger partial charge < -0.3 is 14.2 Å². The van der Waals surface area contributed by atoms with Gasteiger partial charge in [0, 0.05) is 11.6 Å². The molecule has 14 heavy (non-hydrogen) atoms. The molecule has 76 valence electrons. The van der Waals surface area contributed by atoms with Gasteiger partial charge in [-0.3, -0.25) is 5.41 Å². The standard InChI is InChI=1S/C10H13NO3/c1-12-8-4-7(10(11)14-3)5-9(6-8)13-2/h4-6,11H,1-3H3. The molecular formula is C10H13NO3. The van der Waals surface area contributed by atoms with Crippen molar-refractivity contribution in [2.24, 2.45) is 0 Å². The monoisotopic (exact) mass is 195 g/mol. The molecule has 0 spiro atoms. The second kappa shape index (κ2) is 4.50. The highest BCUT2D eigenvalue weighted by Crippen LogP contribution is 2.22. The molecular weight excluding hydrogens is 182 g/mol. The normalized spacial score (nSPS) is 9.36. The Morgan fingerprint density at radius 3 is 1.86 bits per heavy atom. The maximum atomic E-state index is 7.49. The number of benzene rings is 1. The maximum Gasteiger partial charge on any atom is 0.213 e. The fourth-order valence-corrected chi connectivity index (χ4v) is 1.06. The highest BCUT2D eigenvalue weighted by atomic mass is 16.5. The van der Waals surface area contributed by atoms with Gasteiger partial charge in [0.25, 0.3) is 0 Å². The lowest BCUT2D eigenvalue weighted by Gasteiger charge is -2.08. The summed E-state index contributed by atoms with van der Waals surface area (Å²) in [5.41, 5.74) is 0.628. The Morgan fingerprint density at radius 1 is 1.00 bits per heavy atom. The molecule has 0 amide bonds. The average molecular weight is 195 g/mol. The summed E-state index contributed by atoms with van der Waals surface area (Å²) in [6, 6.07) is 5.18. The number of nitrogens with one attached hydrogen (secondary N) is 1. The fourth-order valence-electron chi connectivity index (χ4n) is 1.06. The number of hydrogen-bond acceptors (Lipinski definition) is 4. The van der Waals surface area contributed by atoms with Crippen LogP contribution < -0.4 is 9.47 Å². The lowest BCUT2D eigenvalue weighted by atomic mass is 10.2. The van der Waals surface area contributed by atoms with Crippen LogP contribution in [0.4, 0.5) is 0 Å². The summed E-state index contributed by atoms with van der Waals surface area (Å²) in [7, 11) is 4.58. The van der Waals surface area contributed by atoms with Gasteiger partial charge in [0.15, 0.2) is 0 Å². The zero-order valence-electron chi connectivity index (χ0n) is 8.46. The Bertz CT molecular complexity index is 314. The lowest BCUT2D eigenvalue weighted by molar-refractivity contribution is 0.388. The van der Waals surface area contributed by atoms with Gasteiger partial charge in [-0.2, -0.15) is 0 Å². The summed E-state index contributed by atoms with van der Waals surface area (Å²) < 4.78 is 14.9. The first kappa shape index (κ1) is 10.4. The van der Waals surface area contributed by atoms with E-state index in [1.165, 1.54) is 7.11 Å². The van der Waals surface area contributed by atoms with E-state index in [-0.39, 0.29) is 5.90 Å². The lowest BCUT2D eigenvalue weighted by Crippen LogP contribution is -2.02. The van der Waals surface area contributed by atoms with Crippen molar-refractivity contribution in [2.75, 3.05) is 21.3 Å². The zero-order valence-corrected chi connectivity index (χ0v) is 8.46. The van der Waals surface area contributed by atoms with E-state index in [2.05, 4.69) is 0 Å². The third-order valence-electron chi connectivity index (χ3n) is 1.82. The molecule has 0 bridgehead atoms. The first-order valence-corrected chi connectivity index (χ1v) is 4.07. The molecule has 0 unspecified atom stereocenters. The molecule has 0 aliphatic heterocycles. The molecule has 0 radical (unpaired) electrons. The quantitative estimate of drug-likeness (QED) is 0.589. The topological polar surface area (TPSA) is 51.5 Å². The molecule has 1 aromatic carbocycles. The van der Waals surface area contributed by atoms with Crippen molar-refractivity contribution in [2.45, 2.75) is 0 Å². The van der Waals surface area contributed by atoms with Gasteiger partial charge in [-0.25, -0.2) is 0 Å². The molecule has 1 N–H and O–H groups in total. The summed E-state index contributed by atoms with van der Waals surface area (Å²) in [5, 5.41) is 7.49. The van der Waals surface area contributed by atoms with Gasteiger partial charge in [0.2, 0.25) is 5.90 Å². The summed E-state index contributed by atoms with van der Waals surface area (Å²) in [6.45, 7) is 0. The molecule has 0 aliphatic rings. The van der Waals surface area contributed by atoms with Crippen molar-refractivity contribution in [3.8, 4) is 11.5 Å². The molecule has 0 aliphatic carbocycles. The molecule has 1 aromatic rings. The average Bonchev–Trinajstić information content (AvgIpc) is 2.27. The first-order chi connectivity index (χ1) is 6.71. The van der Waals surface area contributed by atoms with E-state index in [1.807, 2.05) is 0 Å². The predicted molar refractivity (Wildman–Crippen MR) is 53.4 cm³/mol. The number of rotatable bonds is 3. The number of methoxy groups -OCH3 is 3. The zero-order chi connectivity index (χ0) is 10.6. The largest absolute Gasteiger partial charge is 0.497 e. The Hall–Kier alpha value is -1.71. The van der Waals surface area contributed by atoms with Crippen molar-refractivity contribution in [3.63, 3.8) is 0 Å². The molecule has 1 rings (SSSR count). The Morgan fingerprint density at radius 2 is 1.50 bits per heavy atom. The van der Waals surface area contributed by atoms with Gasteiger partial charge in [0.1, 0.15) is 11.5 Å². The van der Waals surface area contributed by atoms with Crippen LogP contribution in [-0.2, 0) is 4.74 Å². The van der Waals surface area contributed by atoms with E-state index >= 15 is 0 Å². The molecule has 0 heterocycles. The second-order valence-corrected chi connectivity index (χ2v) is 2.63. The summed E-state index contributed by atoms with van der Waals surface area (Å²) >= 11 is 0. The highest BCUT2D eigenvalue weighted by Gasteiger charge is 2.06. The Balaban J connectivity index is 3.10. The summed E-state index contributed by atoms with van der Waals surface area (Å²) in [5.74, 6) is 1.37. The van der Waals surface area contributed by atoms with E-state index in [9.17, 15) is 0 Å². The number of hydrogen-bond donors (Lipinski definition) is 1. The van der Waals surface area contributed by atoms with Gasteiger partial charge in [-0.05, 0) is 12.1 Å². The van der Waals surface area contributed by atoms with Crippen molar-refractivity contribution in [1.29, 1.82) is 5.41 Å². The van der Waals surface area contributed by atoms with Gasteiger partial charge >= 0.3 is 0 Å². The van der Waals surface area contributed by atoms with Gasteiger partial charge in [0.05, 0.1) is 21.3 Å². The van der Waals surface area contributed by atoms with Crippen molar-refractivity contribution < 1.29 is 14.2 Å². The molecule has 0 saturated heterocycles. The SMILES string of the molecule is COC(=N)c1cc(OC)cc(OC)c1. The van der Waals surface area contributed by atoms with Crippen molar-refractivity contribution in [1.82, 2.24) is 0 Å². The minimum atomic E-state index is 0.0854. The highest BCUT2D eigenvalue weighted by molar-refractivity contribution is 5.92. The molecule has 0 saturated carbocycles. The minimum absolute atomic E-state index is 0.0854. The third-order valence-corrected chi connectivity index (χ3v) is 1.82. The van der Waals surface area contributed by atoms with Crippen LogP contribution in [0.1, 0.15) is 5.56 Å². The van der Waals surface area contributed by atoms with Crippen LogP contribution in [0.3, 0.4) is 0 Å². The smallest absolute Gasteiger partial charge is 0.213 e. The van der Waals surface area contributed by atoms with Crippen LogP contribution in [0.2, 0.25) is 0 Å². The number of ether oxygens (including phenoxy) is 3. The van der Waals surface area contributed by atoms with E-state index in [0.717, 1.165) is 0 Å². The maximum absolute atomic E-state index is 7.49. The van der Waals surface area contributed by atoms with Gasteiger partial charge in [-0.15, -0.1) is 0 Å². The van der Waals surface area contributed by atoms with Crippen LogP contribution in [0.5, 0.6) is 11.5 Å². The first-order valence-electron chi connectivity index (χ1n) is 4.07. The molecule has 0 fully saturated rings. The van der Waals surface area contributed by atoms with Crippen LogP contribution >= 0.6 is 0 Å². The molecule has 0 atom stereocenters. The minimum Gasteiger partial charge on any atom is -0.497 e. The second-order valence-electron chi connectivity index (χ2n) is 2.63. The van der Waals surface area contributed by atoms with E-state index in [0.29, 0.717) is 17.1 Å².